The Labute approximate surface area is 43.9 Å². The molecule has 0 spiro atoms. The fourth-order valence-electron chi connectivity index (χ4n) is 0.167. The van der Waals surface area contributed by atoms with Crippen LogP contribution < -0.4 is 5.32 Å². The zero-order valence-electron chi connectivity index (χ0n) is 4.73. The Kier molecular flexibility index (Phi) is 2.45. The van der Waals surface area contributed by atoms with Crippen molar-refractivity contribution < 1.29 is 5.11 Å². The SMILES string of the molecule is C=C(O)[C@H](C)NC. The molecule has 0 saturated carbocycles. The van der Waals surface area contributed by atoms with Crippen LogP contribution in [0.15, 0.2) is 12.3 Å². The van der Waals surface area contributed by atoms with Gasteiger partial charge < -0.3 is 10.4 Å². The zero-order valence-corrected chi connectivity index (χ0v) is 4.73. The molecule has 0 rings (SSSR count). The van der Waals surface area contributed by atoms with E-state index in [1.807, 2.05) is 6.92 Å². The van der Waals surface area contributed by atoms with Gasteiger partial charge in [-0.05, 0) is 14.0 Å². The number of aliphatic hydroxyl groups is 1. The largest absolute Gasteiger partial charge is 0.511 e. The zero-order chi connectivity index (χ0) is 5.86. The maximum atomic E-state index is 8.56. The van der Waals surface area contributed by atoms with Gasteiger partial charge in [0.15, 0.2) is 0 Å². The first-order valence-corrected chi connectivity index (χ1v) is 2.23. The second-order valence-corrected chi connectivity index (χ2v) is 1.50. The molecular weight excluding hydrogens is 90.1 g/mol. The first kappa shape index (κ1) is 6.50. The summed E-state index contributed by atoms with van der Waals surface area (Å²) in [6.07, 6.45) is 0. The number of likely N-dealkylation sites (N-methyl/N-ethyl adjacent to an activating group) is 1. The second kappa shape index (κ2) is 2.64. The van der Waals surface area contributed by atoms with Crippen LogP contribution in [-0.4, -0.2) is 18.2 Å². The number of aliphatic hydroxyl groups excluding tert-OH is 1. The third-order valence-electron chi connectivity index (χ3n) is 0.933. The molecule has 0 unspecified atom stereocenters. The lowest BCUT2D eigenvalue weighted by Crippen LogP contribution is -2.22. The number of nitrogens with one attached hydrogen (secondary N) is 1. The highest BCUT2D eigenvalue weighted by atomic mass is 16.3. The molecule has 0 aliphatic carbocycles. The molecule has 0 heterocycles. The maximum Gasteiger partial charge on any atom is 0.102 e. The molecule has 7 heavy (non-hydrogen) atoms. The van der Waals surface area contributed by atoms with Crippen molar-refractivity contribution >= 4 is 0 Å². The standard InChI is InChI=1S/C5H11NO/c1-4(6-3)5(2)7/h4,6-7H,2H2,1,3H3/t4-/m0/s1. The predicted molar refractivity (Wildman–Crippen MR) is 30.3 cm³/mol. The Hall–Kier alpha value is -0.500. The van der Waals surface area contributed by atoms with Gasteiger partial charge in [0.2, 0.25) is 0 Å². The minimum absolute atomic E-state index is 0.0139. The number of rotatable bonds is 2. The summed E-state index contributed by atoms with van der Waals surface area (Å²) in [4.78, 5) is 0. The molecule has 0 saturated heterocycles. The van der Waals surface area contributed by atoms with Crippen LogP contribution in [0.5, 0.6) is 0 Å². The first-order chi connectivity index (χ1) is 3.18. The quantitative estimate of drug-likeness (QED) is 0.501. The van der Waals surface area contributed by atoms with Crippen molar-refractivity contribution in [1.82, 2.24) is 5.32 Å². The fraction of sp³-hybridized carbons (Fsp3) is 0.600. The van der Waals surface area contributed by atoms with Crippen LogP contribution in [0.4, 0.5) is 0 Å². The van der Waals surface area contributed by atoms with Crippen LogP contribution >= 0.6 is 0 Å². The molecule has 0 aliphatic heterocycles. The van der Waals surface area contributed by atoms with Gasteiger partial charge in [-0.15, -0.1) is 0 Å². The van der Waals surface area contributed by atoms with Crippen molar-refractivity contribution in [2.45, 2.75) is 13.0 Å². The van der Waals surface area contributed by atoms with Crippen LogP contribution in [-0.2, 0) is 0 Å². The topological polar surface area (TPSA) is 32.3 Å². The predicted octanol–water partition coefficient (Wildman–Crippen LogP) is 0.666. The summed E-state index contributed by atoms with van der Waals surface area (Å²) < 4.78 is 0. The molecule has 0 radical (unpaired) electrons. The summed E-state index contributed by atoms with van der Waals surface area (Å²) >= 11 is 0. The van der Waals surface area contributed by atoms with Crippen molar-refractivity contribution in [3.05, 3.63) is 12.3 Å². The van der Waals surface area contributed by atoms with Gasteiger partial charge in [-0.1, -0.05) is 6.58 Å². The number of hydrogen-bond acceptors (Lipinski definition) is 2. The van der Waals surface area contributed by atoms with E-state index >= 15 is 0 Å². The van der Waals surface area contributed by atoms with Crippen LogP contribution in [0, 0.1) is 0 Å². The summed E-state index contributed by atoms with van der Waals surface area (Å²) in [6, 6.07) is 0.0139. The Bertz CT molecular complexity index is 70.5. The third kappa shape index (κ3) is 2.23. The molecule has 0 amide bonds. The molecule has 2 N–H and O–H groups in total. The average molecular weight is 101 g/mol. The maximum absolute atomic E-state index is 8.56. The van der Waals surface area contributed by atoms with E-state index in [9.17, 15) is 0 Å². The molecule has 0 aliphatic rings. The molecule has 0 bridgehead atoms. The highest BCUT2D eigenvalue weighted by Crippen LogP contribution is 1.88. The molecule has 1 atom stereocenters. The molecule has 0 aromatic rings. The highest BCUT2D eigenvalue weighted by molar-refractivity contribution is 4.89. The summed E-state index contributed by atoms with van der Waals surface area (Å²) in [6.45, 7) is 5.15. The summed E-state index contributed by atoms with van der Waals surface area (Å²) in [5, 5.41) is 11.4. The van der Waals surface area contributed by atoms with Gasteiger partial charge >= 0.3 is 0 Å². The van der Waals surface area contributed by atoms with Gasteiger partial charge in [-0.25, -0.2) is 0 Å². The molecular formula is C5H11NO. The van der Waals surface area contributed by atoms with Crippen molar-refractivity contribution in [3.8, 4) is 0 Å². The Morgan fingerprint density at radius 1 is 1.86 bits per heavy atom. The second-order valence-electron chi connectivity index (χ2n) is 1.50. The minimum Gasteiger partial charge on any atom is -0.511 e. The Balaban J connectivity index is 3.34. The third-order valence-corrected chi connectivity index (χ3v) is 0.933. The van der Waals surface area contributed by atoms with Gasteiger partial charge in [-0.3, -0.25) is 0 Å². The van der Waals surface area contributed by atoms with Crippen molar-refractivity contribution in [1.29, 1.82) is 0 Å². The van der Waals surface area contributed by atoms with Gasteiger partial charge in [0, 0.05) is 0 Å². The van der Waals surface area contributed by atoms with Crippen LogP contribution in [0.25, 0.3) is 0 Å². The smallest absolute Gasteiger partial charge is 0.102 e. The lowest BCUT2D eigenvalue weighted by atomic mass is 10.3. The van der Waals surface area contributed by atoms with E-state index < -0.39 is 0 Å². The average Bonchev–Trinajstić information content (AvgIpc) is 1.65. The van der Waals surface area contributed by atoms with E-state index in [2.05, 4.69) is 11.9 Å². The van der Waals surface area contributed by atoms with E-state index in [0.717, 1.165) is 0 Å². The molecule has 0 aromatic carbocycles. The van der Waals surface area contributed by atoms with E-state index in [1.165, 1.54) is 0 Å². The van der Waals surface area contributed by atoms with Crippen LogP contribution in [0.3, 0.4) is 0 Å². The highest BCUT2D eigenvalue weighted by Gasteiger charge is 1.96. The van der Waals surface area contributed by atoms with Gasteiger partial charge in [0.05, 0.1) is 6.04 Å². The van der Waals surface area contributed by atoms with Crippen molar-refractivity contribution in [2.24, 2.45) is 0 Å². The van der Waals surface area contributed by atoms with E-state index in [0.29, 0.717) is 0 Å². The normalized spacial score (nSPS) is 13.4. The summed E-state index contributed by atoms with van der Waals surface area (Å²) in [7, 11) is 1.77. The summed E-state index contributed by atoms with van der Waals surface area (Å²) in [5.41, 5.74) is 0. The van der Waals surface area contributed by atoms with E-state index in [1.54, 1.807) is 7.05 Å². The van der Waals surface area contributed by atoms with Gasteiger partial charge in [0.1, 0.15) is 5.76 Å². The number of hydrogen-bond donors (Lipinski definition) is 2. The van der Waals surface area contributed by atoms with E-state index in [-0.39, 0.29) is 11.8 Å². The molecule has 0 fully saturated rings. The molecule has 2 heteroatoms. The van der Waals surface area contributed by atoms with Gasteiger partial charge in [-0.2, -0.15) is 0 Å². The lowest BCUT2D eigenvalue weighted by molar-refractivity contribution is 0.360. The monoisotopic (exact) mass is 101 g/mol. The van der Waals surface area contributed by atoms with Gasteiger partial charge in [0.25, 0.3) is 0 Å². The van der Waals surface area contributed by atoms with Crippen LogP contribution in [0.2, 0.25) is 0 Å². The Morgan fingerprint density at radius 3 is 2.29 bits per heavy atom. The lowest BCUT2D eigenvalue weighted by Gasteiger charge is -2.05. The first-order valence-electron chi connectivity index (χ1n) is 2.23. The van der Waals surface area contributed by atoms with E-state index in [4.69, 9.17) is 5.11 Å². The summed E-state index contributed by atoms with van der Waals surface area (Å²) in [5.74, 6) is 0.183. The van der Waals surface area contributed by atoms with Crippen molar-refractivity contribution in [2.75, 3.05) is 7.05 Å². The van der Waals surface area contributed by atoms with Crippen molar-refractivity contribution in [3.63, 3.8) is 0 Å². The molecule has 0 aromatic heterocycles. The molecule has 2 nitrogen and oxygen atoms in total. The molecule has 42 valence electrons. The fourth-order valence-corrected chi connectivity index (χ4v) is 0.167. The minimum atomic E-state index is 0.0139. The Morgan fingerprint density at radius 2 is 2.29 bits per heavy atom. The van der Waals surface area contributed by atoms with Crippen LogP contribution in [0.1, 0.15) is 6.92 Å².